The Morgan fingerprint density at radius 1 is 1.00 bits per heavy atom. The fourth-order valence-electron chi connectivity index (χ4n) is 1.92. The summed E-state index contributed by atoms with van der Waals surface area (Å²) in [7, 11) is -1.75. The number of hydrogen-bond donors (Lipinski definition) is 0. The lowest BCUT2D eigenvalue weighted by atomic mass is 10.1. The average molecular weight is 358 g/mol. The van der Waals surface area contributed by atoms with E-state index >= 15 is 0 Å². The smallest absolute Gasteiger partial charge is 0.357 e. The van der Waals surface area contributed by atoms with Crippen molar-refractivity contribution in [2.45, 2.75) is 52.1 Å². The van der Waals surface area contributed by atoms with Crippen LogP contribution in [0.4, 0.5) is 0 Å². The summed E-state index contributed by atoms with van der Waals surface area (Å²) in [4.78, 5) is 15.9. The van der Waals surface area contributed by atoms with Gasteiger partial charge in [0.25, 0.3) is 0 Å². The van der Waals surface area contributed by atoms with Crippen molar-refractivity contribution < 1.29 is 14.0 Å². The summed E-state index contributed by atoms with van der Waals surface area (Å²) in [5, 5.41) is 0.201. The third-order valence-corrected chi connectivity index (χ3v) is 9.15. The molecule has 0 aliphatic rings. The molecule has 0 aliphatic heterocycles. The molecule has 0 unspecified atom stereocenters. The molecule has 0 radical (unpaired) electrons. The van der Waals surface area contributed by atoms with Gasteiger partial charge >= 0.3 is 5.97 Å². The molecule has 1 aromatic heterocycles. The predicted molar refractivity (Wildman–Crippen MR) is 102 cm³/mol. The van der Waals surface area contributed by atoms with E-state index < -0.39 is 14.3 Å². The molecule has 2 rings (SSSR count). The molecule has 0 saturated carbocycles. The monoisotopic (exact) mass is 357 g/mol. The van der Waals surface area contributed by atoms with Gasteiger partial charge in [0.2, 0.25) is 0 Å². The number of hydrogen-bond acceptors (Lipinski definition) is 4. The van der Waals surface area contributed by atoms with Crippen LogP contribution < -0.4 is 0 Å². The van der Waals surface area contributed by atoms with Crippen LogP contribution in [0.5, 0.6) is 0 Å². The van der Waals surface area contributed by atoms with Gasteiger partial charge < -0.3 is 9.16 Å². The summed E-state index contributed by atoms with van der Waals surface area (Å²) >= 11 is 0. The fourth-order valence-corrected chi connectivity index (χ4v) is 2.88. The van der Waals surface area contributed by atoms with Crippen molar-refractivity contribution in [2.75, 3.05) is 0 Å². The van der Waals surface area contributed by atoms with Gasteiger partial charge in [-0.1, -0.05) is 51.1 Å². The van der Waals surface area contributed by atoms with Gasteiger partial charge in [-0.25, -0.2) is 9.78 Å². The largest absolute Gasteiger partial charge is 0.456 e. The summed E-state index contributed by atoms with van der Waals surface area (Å²) < 4.78 is 11.5. The van der Waals surface area contributed by atoms with Crippen LogP contribution in [0.25, 0.3) is 0 Å². The molecule has 0 spiro atoms. The van der Waals surface area contributed by atoms with Crippen LogP contribution in [-0.4, -0.2) is 19.3 Å². The van der Waals surface area contributed by atoms with E-state index in [0.29, 0.717) is 12.3 Å². The Bertz CT molecular complexity index is 691. The van der Waals surface area contributed by atoms with Crippen LogP contribution in [0.2, 0.25) is 18.1 Å². The van der Waals surface area contributed by atoms with Crippen molar-refractivity contribution in [1.29, 1.82) is 0 Å². The number of nitrogens with zero attached hydrogens (tertiary/aromatic N) is 1. The van der Waals surface area contributed by atoms with Gasteiger partial charge in [-0.2, -0.15) is 0 Å². The lowest BCUT2D eigenvalue weighted by Crippen LogP contribution is -2.40. The zero-order valence-electron chi connectivity index (χ0n) is 15.7. The second-order valence-corrected chi connectivity index (χ2v) is 12.5. The molecule has 5 heteroatoms. The first-order valence-electron chi connectivity index (χ1n) is 8.49. The maximum absolute atomic E-state index is 11.9. The van der Waals surface area contributed by atoms with Crippen LogP contribution in [-0.2, 0) is 22.4 Å². The van der Waals surface area contributed by atoms with Gasteiger partial charge in [0.15, 0.2) is 8.32 Å². The first-order chi connectivity index (χ1) is 11.7. The van der Waals surface area contributed by atoms with E-state index in [0.717, 1.165) is 11.1 Å². The normalized spacial score (nSPS) is 12.0. The highest BCUT2D eigenvalue weighted by molar-refractivity contribution is 6.74. The van der Waals surface area contributed by atoms with Crippen molar-refractivity contribution in [3.05, 3.63) is 65.5 Å². The Kier molecular flexibility index (Phi) is 6.14. The van der Waals surface area contributed by atoms with Crippen molar-refractivity contribution in [3.8, 4) is 0 Å². The van der Waals surface area contributed by atoms with Crippen LogP contribution in [0.15, 0.2) is 48.7 Å². The van der Waals surface area contributed by atoms with Crippen LogP contribution in [0, 0.1) is 0 Å². The van der Waals surface area contributed by atoms with Gasteiger partial charge in [-0.3, -0.25) is 0 Å². The minimum Gasteiger partial charge on any atom is -0.456 e. The SMILES string of the molecule is CC(C)(C)[Si](C)(C)OCc1ccc(COC(=O)c2ccccn2)cc1. The number of pyridine rings is 1. The highest BCUT2D eigenvalue weighted by Crippen LogP contribution is 2.37. The molecule has 0 fully saturated rings. The molecule has 134 valence electrons. The topological polar surface area (TPSA) is 48.4 Å². The molecule has 0 saturated heterocycles. The number of carbonyl (C=O) groups is 1. The quantitative estimate of drug-likeness (QED) is 0.541. The van der Waals surface area contributed by atoms with Crippen LogP contribution >= 0.6 is 0 Å². The van der Waals surface area contributed by atoms with E-state index in [1.165, 1.54) is 0 Å². The van der Waals surface area contributed by atoms with Crippen molar-refractivity contribution in [1.82, 2.24) is 4.98 Å². The minimum atomic E-state index is -1.75. The van der Waals surface area contributed by atoms with E-state index in [4.69, 9.17) is 9.16 Å². The summed E-state index contributed by atoms with van der Waals surface area (Å²) in [5.74, 6) is -0.411. The van der Waals surface area contributed by atoms with Crippen LogP contribution in [0.1, 0.15) is 42.4 Å². The van der Waals surface area contributed by atoms with E-state index in [-0.39, 0.29) is 11.6 Å². The predicted octanol–water partition coefficient (Wildman–Crippen LogP) is 4.96. The molecular formula is C20H27NO3Si. The Morgan fingerprint density at radius 3 is 2.12 bits per heavy atom. The number of rotatable bonds is 6. The third kappa shape index (κ3) is 5.51. The van der Waals surface area contributed by atoms with E-state index in [1.54, 1.807) is 24.4 Å². The molecule has 1 aromatic carbocycles. The second-order valence-electron chi connectivity index (χ2n) is 7.66. The van der Waals surface area contributed by atoms with Crippen molar-refractivity contribution in [2.24, 2.45) is 0 Å². The number of esters is 1. The molecule has 0 atom stereocenters. The fraction of sp³-hybridized carbons (Fsp3) is 0.400. The summed E-state index contributed by atoms with van der Waals surface area (Å²) in [6.45, 7) is 12.1. The molecule has 0 N–H and O–H groups in total. The highest BCUT2D eigenvalue weighted by Gasteiger charge is 2.36. The zero-order chi connectivity index (χ0) is 18.5. The molecule has 0 aliphatic carbocycles. The molecular weight excluding hydrogens is 330 g/mol. The standard InChI is InChI=1S/C20H27NO3Si/c1-20(2,3)25(4,5)24-15-17-11-9-16(10-12-17)14-23-19(22)18-8-6-7-13-21-18/h6-13H,14-15H2,1-5H3. The van der Waals surface area contributed by atoms with Gasteiger partial charge in [0, 0.05) is 6.20 Å². The lowest BCUT2D eigenvalue weighted by Gasteiger charge is -2.36. The number of carbonyl (C=O) groups excluding carboxylic acids is 1. The van der Waals surface area contributed by atoms with Gasteiger partial charge in [-0.05, 0) is 41.4 Å². The van der Waals surface area contributed by atoms with E-state index in [9.17, 15) is 4.79 Å². The third-order valence-electron chi connectivity index (χ3n) is 4.67. The van der Waals surface area contributed by atoms with Crippen LogP contribution in [0.3, 0.4) is 0 Å². The van der Waals surface area contributed by atoms with Gasteiger partial charge in [0.05, 0.1) is 6.61 Å². The molecule has 0 amide bonds. The summed E-state index contributed by atoms with van der Waals surface area (Å²) in [6.07, 6.45) is 1.58. The highest BCUT2D eigenvalue weighted by atomic mass is 28.4. The minimum absolute atomic E-state index is 0.201. The molecule has 4 nitrogen and oxygen atoms in total. The zero-order valence-corrected chi connectivity index (χ0v) is 16.7. The maximum Gasteiger partial charge on any atom is 0.357 e. The maximum atomic E-state index is 11.9. The Labute approximate surface area is 151 Å². The Balaban J connectivity index is 1.87. The molecule has 1 heterocycles. The van der Waals surface area contributed by atoms with Crippen molar-refractivity contribution >= 4 is 14.3 Å². The van der Waals surface area contributed by atoms with E-state index in [1.807, 2.05) is 24.3 Å². The van der Waals surface area contributed by atoms with Gasteiger partial charge in [0.1, 0.15) is 12.3 Å². The molecule has 2 aromatic rings. The average Bonchev–Trinajstić information content (AvgIpc) is 2.58. The number of aromatic nitrogens is 1. The van der Waals surface area contributed by atoms with Crippen molar-refractivity contribution in [3.63, 3.8) is 0 Å². The summed E-state index contributed by atoms with van der Waals surface area (Å²) in [5.41, 5.74) is 2.40. The number of benzene rings is 1. The van der Waals surface area contributed by atoms with Gasteiger partial charge in [-0.15, -0.1) is 0 Å². The first kappa shape index (κ1) is 19.3. The molecule has 0 bridgehead atoms. The Morgan fingerprint density at radius 2 is 1.60 bits per heavy atom. The van der Waals surface area contributed by atoms with E-state index in [2.05, 4.69) is 38.8 Å². The second kappa shape index (κ2) is 7.93. The summed E-state index contributed by atoms with van der Waals surface area (Å²) in [6, 6.07) is 13.2. The molecule has 25 heavy (non-hydrogen) atoms. The lowest BCUT2D eigenvalue weighted by molar-refractivity contribution is 0.0465. The first-order valence-corrected chi connectivity index (χ1v) is 11.4. The Hall–Kier alpha value is -1.98. The number of ether oxygens (including phenoxy) is 1.